The van der Waals surface area contributed by atoms with Gasteiger partial charge in [-0.25, -0.2) is 8.91 Å². The number of nitrogens with two attached hydrogens (primary N) is 1. The fourth-order valence-electron chi connectivity index (χ4n) is 2.44. The number of carbonyl (C=O) groups is 2. The quantitative estimate of drug-likeness (QED) is 0.746. The Hall–Kier alpha value is -2.64. The Balaban J connectivity index is 2.00. The van der Waals surface area contributed by atoms with Gasteiger partial charge < -0.3 is 16.4 Å². The van der Waals surface area contributed by atoms with Gasteiger partial charge in [-0.2, -0.15) is 5.10 Å². The van der Waals surface area contributed by atoms with Crippen LogP contribution in [0.5, 0.6) is 0 Å². The van der Waals surface area contributed by atoms with Gasteiger partial charge in [0.15, 0.2) is 0 Å². The smallest absolute Gasteiger partial charge is 0.252 e. The summed E-state index contributed by atoms with van der Waals surface area (Å²) in [6.45, 7) is 4.58. The second kappa shape index (κ2) is 6.02. The Morgan fingerprint density at radius 2 is 2.12 bits per heavy atom. The van der Waals surface area contributed by atoms with E-state index in [0.29, 0.717) is 16.9 Å². The van der Waals surface area contributed by atoms with E-state index >= 15 is 0 Å². The van der Waals surface area contributed by atoms with Crippen LogP contribution in [-0.2, 0) is 4.79 Å². The van der Waals surface area contributed by atoms with Crippen molar-refractivity contribution in [3.05, 3.63) is 24.0 Å². The molecule has 1 aliphatic rings. The molecule has 0 aromatic carbocycles. The number of halogens is 1. The summed E-state index contributed by atoms with van der Waals surface area (Å²) in [7, 11) is 0. The highest BCUT2D eigenvalue weighted by atomic mass is 19.1. The maximum Gasteiger partial charge on any atom is 0.252 e. The summed E-state index contributed by atoms with van der Waals surface area (Å²) >= 11 is 0. The number of hydrogen-bond donors (Lipinski definition) is 3. The van der Waals surface area contributed by atoms with Gasteiger partial charge in [-0.15, -0.1) is 0 Å². The molecule has 2 amide bonds. The standard InChI is InChI=1S/C17H22FN5O2/c1-9(17(2,3)18)21-14-12(15(19)24)7-20-23-8-11(6-13(14)23)22-16(25)10-4-5-10/h6-10,21H,4-5H2,1-3H3,(H2,19,24)(H,22,25)/t9-/m1/s1. The number of fused-ring (bicyclic) bond motifs is 1. The van der Waals surface area contributed by atoms with Crippen LogP contribution in [0.1, 0.15) is 44.0 Å². The molecule has 1 fully saturated rings. The molecule has 7 nitrogen and oxygen atoms in total. The molecule has 0 radical (unpaired) electrons. The first-order chi connectivity index (χ1) is 11.7. The van der Waals surface area contributed by atoms with E-state index in [-0.39, 0.29) is 17.4 Å². The molecule has 4 N–H and O–H groups in total. The van der Waals surface area contributed by atoms with Crippen LogP contribution in [-0.4, -0.2) is 33.1 Å². The number of hydrogen-bond acceptors (Lipinski definition) is 4. The Morgan fingerprint density at radius 1 is 1.44 bits per heavy atom. The summed E-state index contributed by atoms with van der Waals surface area (Å²) in [5.41, 5.74) is 5.60. The number of rotatable bonds is 6. The van der Waals surface area contributed by atoms with Gasteiger partial charge >= 0.3 is 0 Å². The van der Waals surface area contributed by atoms with Crippen molar-refractivity contribution in [2.75, 3.05) is 10.6 Å². The molecular formula is C17H22FN5O2. The highest BCUT2D eigenvalue weighted by Crippen LogP contribution is 2.32. The van der Waals surface area contributed by atoms with E-state index in [2.05, 4.69) is 15.7 Å². The van der Waals surface area contributed by atoms with Gasteiger partial charge in [-0.1, -0.05) is 0 Å². The van der Waals surface area contributed by atoms with Crippen LogP contribution < -0.4 is 16.4 Å². The molecule has 1 saturated carbocycles. The number of nitrogens with one attached hydrogen (secondary N) is 2. The Labute approximate surface area is 144 Å². The second-order valence-electron chi connectivity index (χ2n) is 7.05. The zero-order valence-corrected chi connectivity index (χ0v) is 14.5. The average Bonchev–Trinajstić information content (AvgIpc) is 3.27. The zero-order chi connectivity index (χ0) is 18.4. The van der Waals surface area contributed by atoms with Crippen LogP contribution in [0, 0.1) is 5.92 Å². The molecule has 0 spiro atoms. The van der Waals surface area contributed by atoms with Crippen LogP contribution in [0.2, 0.25) is 0 Å². The van der Waals surface area contributed by atoms with E-state index in [1.165, 1.54) is 24.6 Å². The van der Waals surface area contributed by atoms with Crippen LogP contribution in [0.15, 0.2) is 18.5 Å². The lowest BCUT2D eigenvalue weighted by atomic mass is 10.0. The normalized spacial score (nSPS) is 15.8. The van der Waals surface area contributed by atoms with Crippen LogP contribution in [0.4, 0.5) is 15.8 Å². The van der Waals surface area contributed by atoms with Gasteiger partial charge in [-0.3, -0.25) is 9.59 Å². The van der Waals surface area contributed by atoms with Gasteiger partial charge in [0, 0.05) is 5.92 Å². The fraction of sp³-hybridized carbons (Fsp3) is 0.471. The summed E-state index contributed by atoms with van der Waals surface area (Å²) in [5, 5.41) is 10.0. The minimum atomic E-state index is -1.51. The summed E-state index contributed by atoms with van der Waals surface area (Å²) in [6, 6.07) is 1.12. The Kier molecular flexibility index (Phi) is 4.14. The number of alkyl halides is 1. The third-order valence-electron chi connectivity index (χ3n) is 4.51. The van der Waals surface area contributed by atoms with Crippen molar-refractivity contribution in [3.63, 3.8) is 0 Å². The first kappa shape index (κ1) is 17.2. The van der Waals surface area contributed by atoms with Gasteiger partial charge in [-0.05, 0) is 39.7 Å². The molecule has 0 aliphatic heterocycles. The van der Waals surface area contributed by atoms with E-state index < -0.39 is 17.6 Å². The first-order valence-corrected chi connectivity index (χ1v) is 8.24. The zero-order valence-electron chi connectivity index (χ0n) is 14.5. The summed E-state index contributed by atoms with van der Waals surface area (Å²) < 4.78 is 15.7. The molecule has 3 rings (SSSR count). The molecule has 2 aromatic heterocycles. The number of amides is 2. The van der Waals surface area contributed by atoms with Crippen LogP contribution >= 0.6 is 0 Å². The molecule has 0 saturated heterocycles. The lowest BCUT2D eigenvalue weighted by Gasteiger charge is -2.26. The highest BCUT2D eigenvalue weighted by Gasteiger charge is 2.30. The number of carbonyl (C=O) groups excluding carboxylic acids is 2. The molecule has 134 valence electrons. The number of anilines is 2. The van der Waals surface area contributed by atoms with E-state index in [9.17, 15) is 14.0 Å². The van der Waals surface area contributed by atoms with Crippen molar-refractivity contribution in [2.24, 2.45) is 11.7 Å². The topological polar surface area (TPSA) is 102 Å². The minimum absolute atomic E-state index is 0.0289. The van der Waals surface area contributed by atoms with Crippen LogP contribution in [0.3, 0.4) is 0 Å². The van der Waals surface area contributed by atoms with Crippen molar-refractivity contribution in [1.82, 2.24) is 9.61 Å². The molecule has 25 heavy (non-hydrogen) atoms. The van der Waals surface area contributed by atoms with E-state index in [0.717, 1.165) is 12.8 Å². The summed E-state index contributed by atoms with van der Waals surface area (Å²) in [4.78, 5) is 23.7. The molecule has 8 heteroatoms. The predicted molar refractivity (Wildman–Crippen MR) is 93.3 cm³/mol. The highest BCUT2D eigenvalue weighted by molar-refractivity contribution is 6.03. The van der Waals surface area contributed by atoms with Gasteiger partial charge in [0.25, 0.3) is 5.91 Å². The molecule has 2 heterocycles. The third-order valence-corrected chi connectivity index (χ3v) is 4.51. The molecule has 0 bridgehead atoms. The van der Waals surface area contributed by atoms with E-state index in [4.69, 9.17) is 5.73 Å². The summed E-state index contributed by atoms with van der Waals surface area (Å²) in [5.74, 6) is -0.618. The fourth-order valence-corrected chi connectivity index (χ4v) is 2.44. The minimum Gasteiger partial charge on any atom is -0.377 e. The molecular weight excluding hydrogens is 325 g/mol. The third kappa shape index (κ3) is 3.57. The number of nitrogens with zero attached hydrogens (tertiary/aromatic N) is 2. The van der Waals surface area contributed by atoms with Gasteiger partial charge in [0.2, 0.25) is 5.91 Å². The van der Waals surface area contributed by atoms with E-state index in [1.54, 1.807) is 19.2 Å². The van der Waals surface area contributed by atoms with Crippen LogP contribution in [0.25, 0.3) is 5.52 Å². The Bertz CT molecular complexity index is 835. The van der Waals surface area contributed by atoms with Gasteiger partial charge in [0.05, 0.1) is 40.9 Å². The maximum atomic E-state index is 14.2. The monoisotopic (exact) mass is 347 g/mol. The van der Waals surface area contributed by atoms with Crippen molar-refractivity contribution in [3.8, 4) is 0 Å². The molecule has 0 unspecified atom stereocenters. The number of aromatic nitrogens is 2. The molecule has 1 aliphatic carbocycles. The van der Waals surface area contributed by atoms with Crippen molar-refractivity contribution in [1.29, 1.82) is 0 Å². The van der Waals surface area contributed by atoms with E-state index in [1.807, 2.05) is 0 Å². The van der Waals surface area contributed by atoms with Crippen molar-refractivity contribution in [2.45, 2.75) is 45.3 Å². The lowest BCUT2D eigenvalue weighted by molar-refractivity contribution is -0.117. The summed E-state index contributed by atoms with van der Waals surface area (Å²) in [6.07, 6.45) is 4.79. The largest absolute Gasteiger partial charge is 0.377 e. The lowest BCUT2D eigenvalue weighted by Crippen LogP contribution is -2.36. The first-order valence-electron chi connectivity index (χ1n) is 8.24. The maximum absolute atomic E-state index is 14.2. The van der Waals surface area contributed by atoms with Gasteiger partial charge in [0.1, 0.15) is 5.67 Å². The SMILES string of the molecule is C[C@@H](Nc1c(C(N)=O)cnn2cc(NC(=O)C3CC3)cc12)C(C)(C)F. The second-order valence-corrected chi connectivity index (χ2v) is 7.05. The average molecular weight is 347 g/mol. The molecule has 1 atom stereocenters. The predicted octanol–water partition coefficient (Wildman–Crippen LogP) is 2.33. The Morgan fingerprint density at radius 3 is 2.68 bits per heavy atom. The van der Waals surface area contributed by atoms with Crippen molar-refractivity contribution >= 4 is 28.7 Å². The molecule has 2 aromatic rings. The van der Waals surface area contributed by atoms with Crippen molar-refractivity contribution < 1.29 is 14.0 Å². The number of primary amides is 1.